The maximum absolute atomic E-state index is 10.7. The molecule has 1 aromatic heterocycles. The van der Waals surface area contributed by atoms with Crippen LogP contribution in [-0.4, -0.2) is 27.1 Å². The largest absolute Gasteiger partial charge is 0.480 e. The quantitative estimate of drug-likeness (QED) is 0.775. The lowest BCUT2D eigenvalue weighted by atomic mass is 10.0. The number of nitrogens with zero attached hydrogens (tertiary/aromatic N) is 2. The van der Waals surface area contributed by atoms with Crippen molar-refractivity contribution in [2.45, 2.75) is 31.7 Å². The summed E-state index contributed by atoms with van der Waals surface area (Å²) >= 11 is 0. The molecule has 0 aliphatic heterocycles. The number of anilines is 1. The Kier molecular flexibility index (Phi) is 3.37. The fourth-order valence-electron chi connectivity index (χ4n) is 1.82. The van der Waals surface area contributed by atoms with Crippen molar-refractivity contribution in [1.82, 2.24) is 9.97 Å². The monoisotopic (exact) mass is 233 g/mol. The summed E-state index contributed by atoms with van der Waals surface area (Å²) in [5.41, 5.74) is 0.963. The summed E-state index contributed by atoms with van der Waals surface area (Å²) in [6, 6.07) is 1.18. The summed E-state index contributed by atoms with van der Waals surface area (Å²) in [5.74, 6) is 0.0724. The molecule has 1 heterocycles. The molecule has 1 aliphatic rings. The van der Waals surface area contributed by atoms with Crippen LogP contribution in [0, 0.1) is 0 Å². The normalized spacial score (nSPS) is 17.0. The highest BCUT2D eigenvalue weighted by Crippen LogP contribution is 2.28. The average Bonchev–Trinajstić information content (AvgIpc) is 2.82. The SMILES string of the molecule is CC(Nc1cc(C2CC=CC2)ncn1)C(=O)O. The van der Waals surface area contributed by atoms with E-state index in [1.54, 1.807) is 6.92 Å². The molecule has 1 aromatic rings. The Hall–Kier alpha value is -1.91. The van der Waals surface area contributed by atoms with E-state index in [2.05, 4.69) is 27.4 Å². The van der Waals surface area contributed by atoms with Crippen LogP contribution in [0.15, 0.2) is 24.5 Å². The summed E-state index contributed by atoms with van der Waals surface area (Å²) in [4.78, 5) is 19.0. The predicted octanol–water partition coefficient (Wildman–Crippen LogP) is 1.80. The van der Waals surface area contributed by atoms with E-state index in [0.717, 1.165) is 18.5 Å². The van der Waals surface area contributed by atoms with Gasteiger partial charge in [-0.3, -0.25) is 4.79 Å². The second kappa shape index (κ2) is 4.95. The molecule has 5 heteroatoms. The van der Waals surface area contributed by atoms with Crippen LogP contribution in [0.2, 0.25) is 0 Å². The van der Waals surface area contributed by atoms with Crippen LogP contribution in [0.3, 0.4) is 0 Å². The summed E-state index contributed by atoms with van der Waals surface area (Å²) in [6.07, 6.45) is 7.74. The van der Waals surface area contributed by atoms with Crippen LogP contribution in [0.25, 0.3) is 0 Å². The van der Waals surface area contributed by atoms with Gasteiger partial charge in [-0.1, -0.05) is 12.2 Å². The summed E-state index contributed by atoms with van der Waals surface area (Å²) in [6.45, 7) is 1.58. The lowest BCUT2D eigenvalue weighted by Crippen LogP contribution is -2.26. The van der Waals surface area contributed by atoms with Crippen molar-refractivity contribution >= 4 is 11.8 Å². The highest BCUT2D eigenvalue weighted by molar-refractivity contribution is 5.76. The minimum Gasteiger partial charge on any atom is -0.480 e. The van der Waals surface area contributed by atoms with E-state index in [-0.39, 0.29) is 0 Å². The van der Waals surface area contributed by atoms with Crippen LogP contribution in [0.4, 0.5) is 5.82 Å². The number of aromatic nitrogens is 2. The smallest absolute Gasteiger partial charge is 0.325 e. The van der Waals surface area contributed by atoms with Gasteiger partial charge >= 0.3 is 5.97 Å². The Labute approximate surface area is 99.6 Å². The van der Waals surface area contributed by atoms with Gasteiger partial charge in [-0.2, -0.15) is 0 Å². The highest BCUT2D eigenvalue weighted by Gasteiger charge is 2.16. The minimum absolute atomic E-state index is 0.402. The van der Waals surface area contributed by atoms with Crippen molar-refractivity contribution in [2.24, 2.45) is 0 Å². The number of allylic oxidation sites excluding steroid dienone is 2. The third kappa shape index (κ3) is 2.81. The predicted molar refractivity (Wildman–Crippen MR) is 63.9 cm³/mol. The number of rotatable bonds is 4. The second-order valence-electron chi connectivity index (χ2n) is 4.17. The van der Waals surface area contributed by atoms with Gasteiger partial charge in [0.2, 0.25) is 0 Å². The number of nitrogens with one attached hydrogen (secondary N) is 1. The van der Waals surface area contributed by atoms with Gasteiger partial charge in [-0.15, -0.1) is 0 Å². The molecule has 0 aromatic carbocycles. The Balaban J connectivity index is 2.08. The number of aliphatic carboxylic acids is 1. The van der Waals surface area contributed by atoms with Crippen LogP contribution >= 0.6 is 0 Å². The maximum Gasteiger partial charge on any atom is 0.325 e. The fraction of sp³-hybridized carbons (Fsp3) is 0.417. The van der Waals surface area contributed by atoms with E-state index >= 15 is 0 Å². The Morgan fingerprint density at radius 2 is 2.18 bits per heavy atom. The zero-order valence-corrected chi connectivity index (χ0v) is 9.63. The molecule has 17 heavy (non-hydrogen) atoms. The minimum atomic E-state index is -0.896. The molecule has 0 radical (unpaired) electrons. The zero-order valence-electron chi connectivity index (χ0n) is 9.63. The number of hydrogen-bond acceptors (Lipinski definition) is 4. The van der Waals surface area contributed by atoms with Gasteiger partial charge < -0.3 is 10.4 Å². The Morgan fingerprint density at radius 1 is 1.47 bits per heavy atom. The van der Waals surface area contributed by atoms with Crippen molar-refractivity contribution in [1.29, 1.82) is 0 Å². The van der Waals surface area contributed by atoms with E-state index in [1.165, 1.54) is 6.33 Å². The fourth-order valence-corrected chi connectivity index (χ4v) is 1.82. The molecular formula is C12H15N3O2. The average molecular weight is 233 g/mol. The van der Waals surface area contributed by atoms with Gasteiger partial charge in [-0.25, -0.2) is 9.97 Å². The molecule has 5 nitrogen and oxygen atoms in total. The lowest BCUT2D eigenvalue weighted by molar-refractivity contribution is -0.137. The molecule has 1 unspecified atom stereocenters. The van der Waals surface area contributed by atoms with Gasteiger partial charge in [0, 0.05) is 17.7 Å². The van der Waals surface area contributed by atoms with Crippen molar-refractivity contribution < 1.29 is 9.90 Å². The van der Waals surface area contributed by atoms with Crippen molar-refractivity contribution in [3.8, 4) is 0 Å². The van der Waals surface area contributed by atoms with E-state index in [4.69, 9.17) is 5.11 Å². The van der Waals surface area contributed by atoms with Crippen LogP contribution in [0.1, 0.15) is 31.4 Å². The van der Waals surface area contributed by atoms with Crippen LogP contribution in [-0.2, 0) is 4.79 Å². The Morgan fingerprint density at radius 3 is 2.82 bits per heavy atom. The van der Waals surface area contributed by atoms with Crippen LogP contribution in [0.5, 0.6) is 0 Å². The van der Waals surface area contributed by atoms with E-state index in [9.17, 15) is 4.79 Å². The van der Waals surface area contributed by atoms with Gasteiger partial charge in [0.15, 0.2) is 0 Å². The van der Waals surface area contributed by atoms with Crippen molar-refractivity contribution in [3.63, 3.8) is 0 Å². The molecule has 2 N–H and O–H groups in total. The molecule has 2 rings (SSSR count). The molecule has 1 atom stereocenters. The third-order valence-corrected chi connectivity index (χ3v) is 2.85. The molecule has 0 saturated carbocycles. The standard InChI is InChI=1S/C12H15N3O2/c1-8(12(16)17)15-11-6-10(13-7-14-11)9-4-2-3-5-9/h2-3,6-9H,4-5H2,1H3,(H,16,17)(H,13,14,15). The molecular weight excluding hydrogens is 218 g/mol. The summed E-state index contributed by atoms with van der Waals surface area (Å²) < 4.78 is 0. The van der Waals surface area contributed by atoms with Crippen molar-refractivity contribution in [3.05, 3.63) is 30.2 Å². The van der Waals surface area contributed by atoms with Gasteiger partial charge in [-0.05, 0) is 19.8 Å². The molecule has 0 spiro atoms. The number of hydrogen-bond donors (Lipinski definition) is 2. The first kappa shape index (κ1) is 11.6. The molecule has 0 bridgehead atoms. The van der Waals surface area contributed by atoms with Gasteiger partial charge in [0.1, 0.15) is 18.2 Å². The number of carboxylic acids is 1. The number of carbonyl (C=O) groups is 1. The first-order valence-electron chi connectivity index (χ1n) is 5.63. The van der Waals surface area contributed by atoms with Gasteiger partial charge in [0.05, 0.1) is 0 Å². The first-order valence-corrected chi connectivity index (χ1v) is 5.63. The molecule has 0 saturated heterocycles. The molecule has 90 valence electrons. The zero-order chi connectivity index (χ0) is 12.3. The third-order valence-electron chi connectivity index (χ3n) is 2.85. The van der Waals surface area contributed by atoms with E-state index < -0.39 is 12.0 Å². The van der Waals surface area contributed by atoms with Crippen molar-refractivity contribution in [2.75, 3.05) is 5.32 Å². The van der Waals surface area contributed by atoms with E-state index in [0.29, 0.717) is 11.7 Å². The molecule has 1 aliphatic carbocycles. The van der Waals surface area contributed by atoms with Crippen LogP contribution < -0.4 is 5.32 Å². The van der Waals surface area contributed by atoms with Gasteiger partial charge in [0.25, 0.3) is 0 Å². The summed E-state index contributed by atoms with van der Waals surface area (Å²) in [5, 5.41) is 11.6. The topological polar surface area (TPSA) is 75.1 Å². The lowest BCUT2D eigenvalue weighted by Gasteiger charge is -2.12. The number of carboxylic acid groups (broad SMARTS) is 1. The molecule has 0 fully saturated rings. The first-order chi connectivity index (χ1) is 8.16. The summed E-state index contributed by atoms with van der Waals surface area (Å²) in [7, 11) is 0. The second-order valence-corrected chi connectivity index (χ2v) is 4.17. The Bertz CT molecular complexity index is 437. The molecule has 0 amide bonds. The van der Waals surface area contributed by atoms with E-state index in [1.807, 2.05) is 6.07 Å². The highest BCUT2D eigenvalue weighted by atomic mass is 16.4. The maximum atomic E-state index is 10.7.